The highest BCUT2D eigenvalue weighted by Crippen LogP contribution is 2.24. The van der Waals surface area contributed by atoms with Crippen LogP contribution < -0.4 is 4.90 Å². The van der Waals surface area contributed by atoms with Crippen molar-refractivity contribution >= 4 is 50.4 Å². The molecule has 0 aliphatic carbocycles. The van der Waals surface area contributed by atoms with Crippen molar-refractivity contribution in [2.45, 2.75) is 6.42 Å². The third-order valence-corrected chi connectivity index (χ3v) is 3.40. The van der Waals surface area contributed by atoms with E-state index in [1.165, 1.54) is 16.7 Å². The molecule has 0 atom stereocenters. The van der Waals surface area contributed by atoms with Crippen LogP contribution in [0.3, 0.4) is 0 Å². The van der Waals surface area contributed by atoms with Gasteiger partial charge in [-0.3, -0.25) is 14.5 Å². The van der Waals surface area contributed by atoms with E-state index in [2.05, 4.69) is 20.9 Å². The minimum absolute atomic E-state index is 0.167. The van der Waals surface area contributed by atoms with Crippen LogP contribution in [-0.2, 0) is 9.59 Å². The van der Waals surface area contributed by atoms with Crippen LogP contribution in [0.2, 0.25) is 0 Å². The van der Waals surface area contributed by atoms with E-state index in [9.17, 15) is 9.59 Å². The predicted molar refractivity (Wildman–Crippen MR) is 72.2 cm³/mol. The summed E-state index contributed by atoms with van der Waals surface area (Å²) >= 11 is 4.62. The topological polar surface area (TPSA) is 49.7 Å². The molecule has 0 spiro atoms. The maximum absolute atomic E-state index is 11.9. The van der Waals surface area contributed by atoms with Crippen molar-refractivity contribution < 1.29 is 9.59 Å². The van der Waals surface area contributed by atoms with E-state index in [1.807, 2.05) is 24.3 Å². The molecule has 0 saturated heterocycles. The lowest BCUT2D eigenvalue weighted by atomic mass is 10.2. The molecule has 0 bridgehead atoms. The van der Waals surface area contributed by atoms with Crippen molar-refractivity contribution in [3.63, 3.8) is 0 Å². The molecule has 0 saturated carbocycles. The number of thioether (sulfide) groups is 1. The highest BCUT2D eigenvalue weighted by molar-refractivity contribution is 9.10. The third kappa shape index (κ3) is 2.58. The number of amidine groups is 1. The van der Waals surface area contributed by atoms with Gasteiger partial charge in [0.15, 0.2) is 5.17 Å². The number of hydrogen-bond donors (Lipinski definition) is 0. The van der Waals surface area contributed by atoms with Crippen LogP contribution in [0.15, 0.2) is 33.7 Å². The Labute approximate surface area is 111 Å². The number of nitrogens with zero attached hydrogens (tertiary/aromatic N) is 2. The van der Waals surface area contributed by atoms with E-state index >= 15 is 0 Å². The Kier molecular flexibility index (Phi) is 3.63. The van der Waals surface area contributed by atoms with Gasteiger partial charge in [0.05, 0.1) is 5.69 Å². The second-order valence-corrected chi connectivity index (χ2v) is 5.06. The van der Waals surface area contributed by atoms with Crippen LogP contribution in [-0.4, -0.2) is 23.2 Å². The fraction of sp³-hybridized carbons (Fsp3) is 0.182. The lowest BCUT2D eigenvalue weighted by Crippen LogP contribution is -2.40. The second-order valence-electron chi connectivity index (χ2n) is 3.37. The zero-order valence-corrected chi connectivity index (χ0v) is 11.4. The van der Waals surface area contributed by atoms with Crippen LogP contribution in [0.4, 0.5) is 5.69 Å². The minimum atomic E-state index is -0.382. The fourth-order valence-electron chi connectivity index (χ4n) is 1.49. The molecule has 2 rings (SSSR count). The van der Waals surface area contributed by atoms with Gasteiger partial charge in [0.2, 0.25) is 5.91 Å². The average molecular weight is 313 g/mol. The molecule has 88 valence electrons. The Hall–Kier alpha value is -1.14. The summed E-state index contributed by atoms with van der Waals surface area (Å²) < 4.78 is 0.935. The second kappa shape index (κ2) is 5.01. The quantitative estimate of drug-likeness (QED) is 0.748. The molecule has 0 N–H and O–H groups in total. The number of amides is 2. The van der Waals surface area contributed by atoms with Gasteiger partial charge in [0.25, 0.3) is 5.91 Å². The summed E-state index contributed by atoms with van der Waals surface area (Å²) in [5, 5.41) is 0.425. The largest absolute Gasteiger partial charge is 0.273 e. The first-order valence-electron chi connectivity index (χ1n) is 4.86. The minimum Gasteiger partial charge on any atom is -0.273 e. The monoisotopic (exact) mass is 312 g/mol. The van der Waals surface area contributed by atoms with Crippen molar-refractivity contribution in [2.24, 2.45) is 4.99 Å². The van der Waals surface area contributed by atoms with E-state index in [1.54, 1.807) is 6.26 Å². The SMILES string of the molecule is CSC1=NC(=O)CC(=O)N1c1ccc(Br)cc1. The third-order valence-electron chi connectivity index (χ3n) is 2.23. The van der Waals surface area contributed by atoms with Gasteiger partial charge < -0.3 is 0 Å². The summed E-state index contributed by atoms with van der Waals surface area (Å²) in [6.07, 6.45) is 1.62. The molecule has 0 fully saturated rings. The molecule has 1 heterocycles. The van der Waals surface area contributed by atoms with Crippen LogP contribution in [0, 0.1) is 0 Å². The van der Waals surface area contributed by atoms with Crippen LogP contribution in [0.1, 0.15) is 6.42 Å². The molecule has 1 aliphatic rings. The normalized spacial score (nSPS) is 16.1. The molecule has 1 aromatic carbocycles. The number of halogens is 1. The first kappa shape index (κ1) is 12.3. The molecule has 2 amide bonds. The molecule has 4 nitrogen and oxygen atoms in total. The molecule has 0 unspecified atom stereocenters. The van der Waals surface area contributed by atoms with Gasteiger partial charge in [-0.05, 0) is 30.5 Å². The molecule has 17 heavy (non-hydrogen) atoms. The first-order chi connectivity index (χ1) is 8.11. The molecular weight excluding hydrogens is 304 g/mol. The summed E-state index contributed by atoms with van der Waals surface area (Å²) in [6.45, 7) is 0. The number of carbonyl (C=O) groups is 2. The van der Waals surface area contributed by atoms with Gasteiger partial charge in [0.1, 0.15) is 6.42 Å². The van der Waals surface area contributed by atoms with Crippen molar-refractivity contribution in [1.82, 2.24) is 0 Å². The van der Waals surface area contributed by atoms with Gasteiger partial charge in [-0.25, -0.2) is 0 Å². The number of benzene rings is 1. The number of aliphatic imine (C=N–C) groups is 1. The van der Waals surface area contributed by atoms with E-state index in [0.29, 0.717) is 5.17 Å². The van der Waals surface area contributed by atoms with Gasteiger partial charge in [-0.1, -0.05) is 27.7 Å². The lowest BCUT2D eigenvalue weighted by molar-refractivity contribution is -0.126. The van der Waals surface area contributed by atoms with E-state index in [-0.39, 0.29) is 18.2 Å². The smallest absolute Gasteiger partial charge is 0.257 e. The van der Waals surface area contributed by atoms with Crippen molar-refractivity contribution in [3.05, 3.63) is 28.7 Å². The summed E-state index contributed by atoms with van der Waals surface area (Å²) in [6, 6.07) is 7.31. The van der Waals surface area contributed by atoms with Crippen molar-refractivity contribution in [2.75, 3.05) is 11.2 Å². The van der Waals surface area contributed by atoms with Crippen molar-refractivity contribution in [3.8, 4) is 0 Å². The number of carbonyl (C=O) groups excluding carboxylic acids is 2. The van der Waals surface area contributed by atoms with Gasteiger partial charge in [0, 0.05) is 4.47 Å². The fourth-order valence-corrected chi connectivity index (χ4v) is 2.34. The Morgan fingerprint density at radius 3 is 2.53 bits per heavy atom. The van der Waals surface area contributed by atoms with E-state index < -0.39 is 0 Å². The van der Waals surface area contributed by atoms with Crippen LogP contribution in [0.5, 0.6) is 0 Å². The molecule has 0 aromatic heterocycles. The number of rotatable bonds is 1. The molecular formula is C11H9BrN2O2S. The molecule has 6 heteroatoms. The number of anilines is 1. The van der Waals surface area contributed by atoms with E-state index in [4.69, 9.17) is 0 Å². The van der Waals surface area contributed by atoms with E-state index in [0.717, 1.165) is 10.2 Å². The highest BCUT2D eigenvalue weighted by atomic mass is 79.9. The maximum atomic E-state index is 11.9. The Morgan fingerprint density at radius 1 is 1.29 bits per heavy atom. The summed E-state index contributed by atoms with van der Waals surface area (Å²) in [5.41, 5.74) is 0.721. The Morgan fingerprint density at radius 2 is 1.94 bits per heavy atom. The van der Waals surface area contributed by atoms with Crippen LogP contribution in [0.25, 0.3) is 0 Å². The van der Waals surface area contributed by atoms with Crippen LogP contribution >= 0.6 is 27.7 Å². The standard InChI is InChI=1S/C11H9BrN2O2S/c1-17-11-13-9(15)6-10(16)14(11)8-4-2-7(12)3-5-8/h2-5H,6H2,1H3. The Balaban J connectivity index is 2.42. The molecule has 1 aromatic rings. The zero-order chi connectivity index (χ0) is 12.4. The van der Waals surface area contributed by atoms with Gasteiger partial charge in [-0.2, -0.15) is 4.99 Å². The lowest BCUT2D eigenvalue weighted by Gasteiger charge is -2.25. The molecule has 1 aliphatic heterocycles. The zero-order valence-electron chi connectivity index (χ0n) is 9.01. The molecule has 0 radical (unpaired) electrons. The Bertz CT molecular complexity index is 499. The van der Waals surface area contributed by atoms with Gasteiger partial charge in [-0.15, -0.1) is 0 Å². The highest BCUT2D eigenvalue weighted by Gasteiger charge is 2.28. The number of hydrogen-bond acceptors (Lipinski definition) is 3. The predicted octanol–water partition coefficient (Wildman–Crippen LogP) is 2.43. The maximum Gasteiger partial charge on any atom is 0.257 e. The average Bonchev–Trinajstić information content (AvgIpc) is 2.30. The first-order valence-corrected chi connectivity index (χ1v) is 6.87. The van der Waals surface area contributed by atoms with Gasteiger partial charge >= 0.3 is 0 Å². The van der Waals surface area contributed by atoms with Crippen molar-refractivity contribution in [1.29, 1.82) is 0 Å². The summed E-state index contributed by atoms with van der Waals surface area (Å²) in [7, 11) is 0. The summed E-state index contributed by atoms with van der Waals surface area (Å²) in [4.78, 5) is 28.4. The summed E-state index contributed by atoms with van der Waals surface area (Å²) in [5.74, 6) is -0.621.